The quantitative estimate of drug-likeness (QED) is 0.654. The zero-order chi connectivity index (χ0) is 10.3. The number of aldehydes is 1. The maximum Gasteiger partial charge on any atom is 0.201 e. The van der Waals surface area contributed by atoms with Gasteiger partial charge >= 0.3 is 0 Å². The number of sulfone groups is 1. The molecule has 1 aromatic carbocycles. The van der Waals surface area contributed by atoms with Crippen molar-refractivity contribution in [3.63, 3.8) is 0 Å². The predicted octanol–water partition coefficient (Wildman–Crippen LogP) is 1.32. The van der Waals surface area contributed by atoms with Gasteiger partial charge in [-0.1, -0.05) is 11.6 Å². The lowest BCUT2D eigenvalue weighted by Gasteiger charge is -2.00. The van der Waals surface area contributed by atoms with Crippen molar-refractivity contribution in [3.05, 3.63) is 34.7 Å². The maximum atomic E-state index is 11.5. The Kier molecular flexibility index (Phi) is 1.82. The van der Waals surface area contributed by atoms with Crippen LogP contribution in [0.25, 0.3) is 5.57 Å². The van der Waals surface area contributed by atoms with Crippen LogP contribution >= 0.6 is 0 Å². The highest BCUT2D eigenvalue weighted by Gasteiger charge is 2.26. The summed E-state index contributed by atoms with van der Waals surface area (Å²) in [5.41, 5.74) is 1.69. The molecule has 2 rings (SSSR count). The summed E-state index contributed by atoms with van der Waals surface area (Å²) in [6.07, 6.45) is 0.572. The lowest BCUT2D eigenvalue weighted by Crippen LogP contribution is -1.93. The minimum absolute atomic E-state index is 0.227. The van der Waals surface area contributed by atoms with Crippen molar-refractivity contribution in [1.29, 1.82) is 0 Å². The molecule has 0 saturated carbocycles. The summed E-state index contributed by atoms with van der Waals surface area (Å²) >= 11 is 0. The molecule has 14 heavy (non-hydrogen) atoms. The highest BCUT2D eigenvalue weighted by molar-refractivity contribution is 7.95. The SMILES string of the molecule is Cc1ccc2c(c1)C(C=O)=CS2(=O)=O. The van der Waals surface area contributed by atoms with Crippen LogP contribution in [-0.2, 0) is 14.6 Å². The fourth-order valence-corrected chi connectivity index (χ4v) is 2.89. The Hall–Kier alpha value is -1.42. The van der Waals surface area contributed by atoms with Crippen LogP contribution in [0.2, 0.25) is 0 Å². The van der Waals surface area contributed by atoms with E-state index in [4.69, 9.17) is 0 Å². The predicted molar refractivity (Wildman–Crippen MR) is 52.4 cm³/mol. The van der Waals surface area contributed by atoms with Gasteiger partial charge in [0.15, 0.2) is 6.29 Å². The van der Waals surface area contributed by atoms with E-state index in [2.05, 4.69) is 0 Å². The lowest BCUT2D eigenvalue weighted by molar-refractivity contribution is -0.103. The Balaban J connectivity index is 2.82. The standard InChI is InChI=1S/C10H8O3S/c1-7-2-3-10-9(4-7)8(5-11)6-14(10,12)13/h2-6H,1H3. The largest absolute Gasteiger partial charge is 0.298 e. The molecule has 1 heterocycles. The van der Waals surface area contributed by atoms with E-state index < -0.39 is 9.84 Å². The second-order valence-electron chi connectivity index (χ2n) is 3.24. The summed E-state index contributed by atoms with van der Waals surface area (Å²) in [7, 11) is -3.38. The average molecular weight is 208 g/mol. The molecule has 0 fully saturated rings. The molecule has 4 heteroatoms. The van der Waals surface area contributed by atoms with Crippen molar-refractivity contribution >= 4 is 21.7 Å². The van der Waals surface area contributed by atoms with Crippen LogP contribution in [-0.4, -0.2) is 14.7 Å². The van der Waals surface area contributed by atoms with E-state index in [9.17, 15) is 13.2 Å². The first kappa shape index (κ1) is 9.15. The molecular formula is C10H8O3S. The van der Waals surface area contributed by atoms with Crippen molar-refractivity contribution in [2.24, 2.45) is 0 Å². The van der Waals surface area contributed by atoms with Gasteiger partial charge in [0.2, 0.25) is 9.84 Å². The smallest absolute Gasteiger partial charge is 0.201 e. The summed E-state index contributed by atoms with van der Waals surface area (Å²) in [6, 6.07) is 4.96. The Morgan fingerprint density at radius 2 is 2.00 bits per heavy atom. The van der Waals surface area contributed by atoms with Crippen LogP contribution in [0.4, 0.5) is 0 Å². The van der Waals surface area contributed by atoms with Gasteiger partial charge in [0.1, 0.15) is 0 Å². The highest BCUT2D eigenvalue weighted by Crippen LogP contribution is 2.32. The zero-order valence-corrected chi connectivity index (χ0v) is 8.34. The number of rotatable bonds is 1. The summed E-state index contributed by atoms with van der Waals surface area (Å²) in [4.78, 5) is 10.9. The van der Waals surface area contributed by atoms with E-state index in [0.717, 1.165) is 11.0 Å². The van der Waals surface area contributed by atoms with E-state index in [0.29, 0.717) is 11.8 Å². The van der Waals surface area contributed by atoms with Crippen LogP contribution in [0.15, 0.2) is 28.5 Å². The Labute approximate surface area is 82.0 Å². The molecule has 0 amide bonds. The van der Waals surface area contributed by atoms with Gasteiger partial charge in [-0.05, 0) is 19.1 Å². The van der Waals surface area contributed by atoms with Gasteiger partial charge in [0.05, 0.1) is 4.90 Å². The van der Waals surface area contributed by atoms with Gasteiger partial charge in [-0.25, -0.2) is 8.42 Å². The zero-order valence-electron chi connectivity index (χ0n) is 7.52. The Morgan fingerprint density at radius 1 is 1.29 bits per heavy atom. The van der Waals surface area contributed by atoms with Crippen molar-refractivity contribution in [1.82, 2.24) is 0 Å². The topological polar surface area (TPSA) is 51.2 Å². The number of benzene rings is 1. The molecule has 0 aromatic heterocycles. The molecule has 1 aliphatic rings. The van der Waals surface area contributed by atoms with Gasteiger partial charge in [-0.15, -0.1) is 0 Å². The summed E-state index contributed by atoms with van der Waals surface area (Å²) in [5, 5.41) is 1.02. The molecule has 72 valence electrons. The van der Waals surface area contributed by atoms with E-state index in [1.54, 1.807) is 12.1 Å². The van der Waals surface area contributed by atoms with Crippen LogP contribution in [0.3, 0.4) is 0 Å². The van der Waals surface area contributed by atoms with Crippen molar-refractivity contribution in [3.8, 4) is 0 Å². The van der Waals surface area contributed by atoms with Crippen LogP contribution < -0.4 is 0 Å². The van der Waals surface area contributed by atoms with Gasteiger partial charge in [0, 0.05) is 16.5 Å². The normalized spacial score (nSPS) is 17.4. The third kappa shape index (κ3) is 1.19. The number of aryl methyl sites for hydroxylation is 1. The third-order valence-electron chi connectivity index (χ3n) is 2.16. The molecule has 0 unspecified atom stereocenters. The number of allylic oxidation sites excluding steroid dienone is 1. The summed E-state index contributed by atoms with van der Waals surface area (Å²) < 4.78 is 23.0. The van der Waals surface area contributed by atoms with E-state index in [-0.39, 0.29) is 10.5 Å². The van der Waals surface area contributed by atoms with Crippen molar-refractivity contribution < 1.29 is 13.2 Å². The second kappa shape index (κ2) is 2.78. The number of hydrogen-bond donors (Lipinski definition) is 0. The van der Waals surface area contributed by atoms with E-state index in [1.807, 2.05) is 6.92 Å². The first-order valence-electron chi connectivity index (χ1n) is 4.07. The molecule has 0 radical (unpaired) electrons. The first-order valence-corrected chi connectivity index (χ1v) is 5.62. The van der Waals surface area contributed by atoms with Crippen LogP contribution in [0.1, 0.15) is 11.1 Å². The highest BCUT2D eigenvalue weighted by atomic mass is 32.2. The second-order valence-corrected chi connectivity index (χ2v) is 5.00. The van der Waals surface area contributed by atoms with Gasteiger partial charge in [-0.3, -0.25) is 4.79 Å². The number of hydrogen-bond acceptors (Lipinski definition) is 3. The van der Waals surface area contributed by atoms with E-state index in [1.165, 1.54) is 6.07 Å². The van der Waals surface area contributed by atoms with Crippen molar-refractivity contribution in [2.75, 3.05) is 0 Å². The fraction of sp³-hybridized carbons (Fsp3) is 0.100. The molecule has 0 aliphatic carbocycles. The average Bonchev–Trinajstić information content (AvgIpc) is 2.37. The monoisotopic (exact) mass is 208 g/mol. The van der Waals surface area contributed by atoms with Gasteiger partial charge < -0.3 is 0 Å². The van der Waals surface area contributed by atoms with E-state index >= 15 is 0 Å². The third-order valence-corrected chi connectivity index (χ3v) is 3.69. The lowest BCUT2D eigenvalue weighted by atomic mass is 10.1. The summed E-state index contributed by atoms with van der Waals surface area (Å²) in [6.45, 7) is 1.85. The molecule has 1 aliphatic heterocycles. The minimum atomic E-state index is -3.38. The molecule has 0 N–H and O–H groups in total. The minimum Gasteiger partial charge on any atom is -0.298 e. The Bertz CT molecular complexity index is 538. The Morgan fingerprint density at radius 3 is 2.64 bits per heavy atom. The number of carbonyl (C=O) groups excluding carboxylic acids is 1. The fourth-order valence-electron chi connectivity index (χ4n) is 1.50. The molecule has 3 nitrogen and oxygen atoms in total. The summed E-state index contributed by atoms with van der Waals surface area (Å²) in [5.74, 6) is 0. The molecular weight excluding hydrogens is 200 g/mol. The molecule has 0 atom stereocenters. The number of fused-ring (bicyclic) bond motifs is 1. The maximum absolute atomic E-state index is 11.5. The van der Waals surface area contributed by atoms with Crippen LogP contribution in [0.5, 0.6) is 0 Å². The molecule has 0 bridgehead atoms. The molecule has 1 aromatic rings. The first-order chi connectivity index (χ1) is 6.54. The van der Waals surface area contributed by atoms with Crippen molar-refractivity contribution in [2.45, 2.75) is 11.8 Å². The van der Waals surface area contributed by atoms with Crippen LogP contribution in [0, 0.1) is 6.92 Å². The molecule has 0 saturated heterocycles. The number of carbonyl (C=O) groups is 1. The van der Waals surface area contributed by atoms with Gasteiger partial charge in [0.25, 0.3) is 0 Å². The van der Waals surface area contributed by atoms with Gasteiger partial charge in [-0.2, -0.15) is 0 Å². The molecule has 0 spiro atoms.